The predicted octanol–water partition coefficient (Wildman–Crippen LogP) is 3.10. The third-order valence-corrected chi connectivity index (χ3v) is 13.9. The highest BCUT2D eigenvalue weighted by atomic mass is 16.7. The fourth-order valence-electron chi connectivity index (χ4n) is 10.5. The van der Waals surface area contributed by atoms with Crippen LogP contribution < -0.4 is 5.32 Å². The molecule has 0 aromatic carbocycles. The van der Waals surface area contributed by atoms with Gasteiger partial charge in [-0.2, -0.15) is 0 Å². The molecular weight excluding hydrogens is 738 g/mol. The average molecular weight is 800 g/mol. The summed E-state index contributed by atoms with van der Waals surface area (Å²) >= 11 is 0. The van der Waals surface area contributed by atoms with Gasteiger partial charge in [-0.25, -0.2) is 0 Å². The number of aliphatic hydroxyl groups is 3. The molecule has 3 fully saturated rings. The van der Waals surface area contributed by atoms with Crippen LogP contribution in [0.15, 0.2) is 35.9 Å². The first-order valence-corrected chi connectivity index (χ1v) is 20.6. The summed E-state index contributed by atoms with van der Waals surface area (Å²) in [5, 5.41) is 38.1. The Morgan fingerprint density at radius 2 is 1.60 bits per heavy atom. The lowest BCUT2D eigenvalue weighted by Crippen LogP contribution is -2.70. The molecule has 0 aromatic rings. The molecule has 0 amide bonds. The largest absolute Gasteiger partial charge is 0.490 e. The van der Waals surface area contributed by atoms with Gasteiger partial charge in [0.1, 0.15) is 35.2 Å². The molecule has 3 heterocycles. The first-order chi connectivity index (χ1) is 26.9. The van der Waals surface area contributed by atoms with Gasteiger partial charge in [-0.15, -0.1) is 0 Å². The van der Waals surface area contributed by atoms with Crippen molar-refractivity contribution in [1.82, 2.24) is 5.32 Å². The van der Waals surface area contributed by atoms with Crippen LogP contribution >= 0.6 is 0 Å². The zero-order chi connectivity index (χ0) is 41.7. The zero-order valence-corrected chi connectivity index (χ0v) is 34.3. The Balaban J connectivity index is 1.40. The van der Waals surface area contributed by atoms with Gasteiger partial charge in [-0.3, -0.25) is 24.0 Å². The van der Waals surface area contributed by atoms with Gasteiger partial charge in [0.05, 0.1) is 60.6 Å². The molecule has 57 heavy (non-hydrogen) atoms. The summed E-state index contributed by atoms with van der Waals surface area (Å²) in [5.41, 5.74) is 0.316. The number of hydrogen-bond donors (Lipinski definition) is 4. The summed E-state index contributed by atoms with van der Waals surface area (Å²) in [6.07, 6.45) is 1.49. The molecule has 0 radical (unpaired) electrons. The number of ether oxygens (including phenoxy) is 5. The zero-order valence-electron chi connectivity index (χ0n) is 34.3. The monoisotopic (exact) mass is 799 g/mol. The van der Waals surface area contributed by atoms with Gasteiger partial charge in [0.15, 0.2) is 5.78 Å². The second-order valence-corrected chi connectivity index (χ2v) is 17.6. The first kappa shape index (κ1) is 43.2. The molecule has 18 unspecified atom stereocenters. The van der Waals surface area contributed by atoms with E-state index in [-0.39, 0.29) is 30.2 Å². The van der Waals surface area contributed by atoms with Crippen LogP contribution in [0, 0.1) is 53.3 Å². The molecular formula is C43H61NO13. The lowest BCUT2D eigenvalue weighted by atomic mass is 9.54. The Labute approximate surface area is 334 Å². The minimum absolute atomic E-state index is 0.103. The van der Waals surface area contributed by atoms with Crippen molar-refractivity contribution in [2.45, 2.75) is 142 Å². The Morgan fingerprint density at radius 3 is 2.28 bits per heavy atom. The van der Waals surface area contributed by atoms with Crippen molar-refractivity contribution >= 4 is 29.1 Å². The van der Waals surface area contributed by atoms with Crippen molar-refractivity contribution in [3.63, 3.8) is 0 Å². The van der Waals surface area contributed by atoms with E-state index in [1.54, 1.807) is 45.9 Å². The molecule has 4 N–H and O–H groups in total. The van der Waals surface area contributed by atoms with E-state index in [9.17, 15) is 39.3 Å². The van der Waals surface area contributed by atoms with Crippen molar-refractivity contribution in [1.29, 1.82) is 0 Å². The number of Topliss-reactive ketones (excluding diaryl/α,β-unsaturated/α-hetero) is 4. The molecule has 14 nitrogen and oxygen atoms in total. The fraction of sp³-hybridized carbons (Fsp3) is 0.744. The van der Waals surface area contributed by atoms with Crippen LogP contribution in [0.25, 0.3) is 0 Å². The Kier molecular flexibility index (Phi) is 12.9. The summed E-state index contributed by atoms with van der Waals surface area (Å²) in [4.78, 5) is 68.5. The number of ketones is 4. The maximum Gasteiger partial charge on any atom is 0.302 e. The number of fused-ring (bicyclic) bond motifs is 1. The van der Waals surface area contributed by atoms with Gasteiger partial charge in [0, 0.05) is 82.1 Å². The lowest BCUT2D eigenvalue weighted by molar-refractivity contribution is -0.212. The van der Waals surface area contributed by atoms with Crippen LogP contribution in [-0.4, -0.2) is 106 Å². The number of methoxy groups -OCH3 is 1. The molecule has 3 aliphatic heterocycles. The van der Waals surface area contributed by atoms with Crippen LogP contribution in [0.4, 0.5) is 0 Å². The van der Waals surface area contributed by atoms with Crippen LogP contribution in [0.1, 0.15) is 87.0 Å². The molecule has 1 saturated heterocycles. The average Bonchev–Trinajstić information content (AvgIpc) is 3.44. The third kappa shape index (κ3) is 8.01. The van der Waals surface area contributed by atoms with Gasteiger partial charge in [0.25, 0.3) is 5.79 Å². The summed E-state index contributed by atoms with van der Waals surface area (Å²) in [6.45, 7) is 11.6. The summed E-state index contributed by atoms with van der Waals surface area (Å²) in [7, 11) is 1.47. The van der Waals surface area contributed by atoms with Gasteiger partial charge < -0.3 is 44.3 Å². The number of aliphatic hydroxyl groups excluding tert-OH is 3. The standard InChI is InChI=1S/C43H61NO13/c1-19-12-9-10-13-25(46)18-26-38(51)31-30(34-41(26)56-29-15-11-14-27(47)33(29)44-34)32-40(23(5)37(31)50)57-43(7,42(32)52)54-17-16-28(53-8)20(2)39(55-24(6)45)22(4)36(49)21(3)35(19)48/h9,12,16-17,19-23,26,28,30-32,34-37,39-41,44,48-50H,10-11,13-15,18H2,1-8H3. The number of carbonyl (C=O) groups is 5. The van der Waals surface area contributed by atoms with E-state index >= 15 is 0 Å². The maximum absolute atomic E-state index is 14.7. The molecule has 6 rings (SSSR count). The quantitative estimate of drug-likeness (QED) is 0.234. The van der Waals surface area contributed by atoms with Crippen molar-refractivity contribution < 1.29 is 63.0 Å². The van der Waals surface area contributed by atoms with Gasteiger partial charge >= 0.3 is 5.97 Å². The maximum atomic E-state index is 14.7. The summed E-state index contributed by atoms with van der Waals surface area (Å²) < 4.78 is 30.6. The molecule has 0 aromatic heterocycles. The summed E-state index contributed by atoms with van der Waals surface area (Å²) in [6, 6.07) is -0.768. The molecule has 14 heteroatoms. The number of nitrogens with one attached hydrogen (secondary N) is 1. The SMILES string of the molecule is COC1C=COC2(C)OC3C(C)C(O)C4C(=O)C(CC(=O)CCC=CC(C)C(O)C(C)C(O)C(C)C(OC(C)=O)C1C)C1OC5=C(NC1C4C3C2=O)C(=O)CCC5. The van der Waals surface area contributed by atoms with E-state index in [1.807, 2.05) is 6.92 Å². The topological polar surface area (TPSA) is 204 Å². The van der Waals surface area contributed by atoms with E-state index < -0.39 is 120 Å². The molecule has 6 aliphatic rings. The second kappa shape index (κ2) is 17.0. The number of allylic oxidation sites excluding steroid dienone is 3. The lowest BCUT2D eigenvalue weighted by Gasteiger charge is -2.55. The summed E-state index contributed by atoms with van der Waals surface area (Å²) in [5.74, 6) is -9.75. The molecule has 4 bridgehead atoms. The van der Waals surface area contributed by atoms with Crippen molar-refractivity contribution in [3.8, 4) is 0 Å². The van der Waals surface area contributed by atoms with Crippen LogP contribution in [0.3, 0.4) is 0 Å². The van der Waals surface area contributed by atoms with Crippen molar-refractivity contribution in [2.24, 2.45) is 53.3 Å². The Hall–Kier alpha value is -3.43. The van der Waals surface area contributed by atoms with E-state index in [2.05, 4.69) is 5.32 Å². The molecule has 316 valence electrons. The molecule has 3 aliphatic carbocycles. The fourth-order valence-corrected chi connectivity index (χ4v) is 10.5. The number of carbonyl (C=O) groups excluding carboxylic acids is 5. The van der Waals surface area contributed by atoms with E-state index in [4.69, 9.17) is 23.7 Å². The Morgan fingerprint density at radius 1 is 0.877 bits per heavy atom. The van der Waals surface area contributed by atoms with E-state index in [1.165, 1.54) is 27.2 Å². The highest BCUT2D eigenvalue weighted by Crippen LogP contribution is 2.55. The van der Waals surface area contributed by atoms with Crippen LogP contribution in [0.5, 0.6) is 0 Å². The highest BCUT2D eigenvalue weighted by Gasteiger charge is 2.69. The van der Waals surface area contributed by atoms with E-state index in [0.29, 0.717) is 37.1 Å². The van der Waals surface area contributed by atoms with Gasteiger partial charge in [-0.1, -0.05) is 46.8 Å². The minimum Gasteiger partial charge on any atom is -0.490 e. The highest BCUT2D eigenvalue weighted by molar-refractivity contribution is 5.98. The first-order valence-electron chi connectivity index (χ1n) is 20.6. The molecule has 2 saturated carbocycles. The van der Waals surface area contributed by atoms with E-state index in [0.717, 1.165) is 0 Å². The number of rotatable bonds is 2. The second-order valence-electron chi connectivity index (χ2n) is 17.6. The van der Waals surface area contributed by atoms with Crippen molar-refractivity contribution in [3.05, 3.63) is 35.9 Å². The van der Waals surface area contributed by atoms with Crippen LogP contribution in [0.2, 0.25) is 0 Å². The van der Waals surface area contributed by atoms with Crippen LogP contribution in [-0.2, 0) is 47.7 Å². The van der Waals surface area contributed by atoms with Gasteiger partial charge in [0.2, 0.25) is 5.78 Å². The normalized spacial score (nSPS) is 45.7. The number of hydrogen-bond acceptors (Lipinski definition) is 14. The van der Waals surface area contributed by atoms with Crippen molar-refractivity contribution in [2.75, 3.05) is 7.11 Å². The minimum atomic E-state index is -1.84. The van der Waals surface area contributed by atoms with Gasteiger partial charge in [-0.05, 0) is 18.9 Å². The number of esters is 1. The Bertz CT molecular complexity index is 1670. The predicted molar refractivity (Wildman–Crippen MR) is 203 cm³/mol. The molecule has 18 atom stereocenters. The molecule has 0 spiro atoms. The third-order valence-electron chi connectivity index (χ3n) is 13.9. The smallest absolute Gasteiger partial charge is 0.302 e.